The summed E-state index contributed by atoms with van der Waals surface area (Å²) in [6, 6.07) is 21.1. The molecule has 0 fully saturated rings. The number of amides is 1. The summed E-state index contributed by atoms with van der Waals surface area (Å²) in [6.45, 7) is 2.02. The largest absolute Gasteiger partial charge is 0.480 e. The van der Waals surface area contributed by atoms with E-state index >= 15 is 0 Å². The molecule has 0 radical (unpaired) electrons. The number of nitrogens with zero attached hydrogens (tertiary/aromatic N) is 1. The van der Waals surface area contributed by atoms with Crippen LogP contribution in [0, 0.1) is 6.92 Å². The second-order valence-corrected chi connectivity index (χ2v) is 9.85. The van der Waals surface area contributed by atoms with Gasteiger partial charge in [-0.2, -0.15) is 11.8 Å². The molecule has 0 saturated carbocycles. The van der Waals surface area contributed by atoms with Gasteiger partial charge in [0.05, 0.1) is 0 Å². The van der Waals surface area contributed by atoms with Gasteiger partial charge >= 0.3 is 5.97 Å². The van der Waals surface area contributed by atoms with Gasteiger partial charge in [-0.25, -0.2) is 4.79 Å². The molecule has 6 heteroatoms. The number of nitrogens with one attached hydrogen (secondary N) is 1. The van der Waals surface area contributed by atoms with Crippen molar-refractivity contribution in [3.63, 3.8) is 0 Å². The van der Waals surface area contributed by atoms with Crippen LogP contribution in [-0.4, -0.2) is 40.0 Å². The van der Waals surface area contributed by atoms with E-state index in [9.17, 15) is 14.7 Å². The minimum Gasteiger partial charge on any atom is -0.480 e. The van der Waals surface area contributed by atoms with Crippen LogP contribution in [0.1, 0.15) is 33.5 Å². The summed E-state index contributed by atoms with van der Waals surface area (Å²) in [6.07, 6.45) is 7.72. The number of aliphatic carboxylic acids is 1. The fourth-order valence-electron chi connectivity index (χ4n) is 4.43. The second kappa shape index (κ2) is 11.9. The topological polar surface area (TPSA) is 79.3 Å². The lowest BCUT2D eigenvalue weighted by Gasteiger charge is -2.18. The first-order chi connectivity index (χ1) is 17.5. The molecule has 0 bridgehead atoms. The smallest absolute Gasteiger partial charge is 0.326 e. The summed E-state index contributed by atoms with van der Waals surface area (Å²) in [5.74, 6) is -0.731. The third kappa shape index (κ3) is 5.94. The number of carbonyl (C=O) groups is 2. The van der Waals surface area contributed by atoms with E-state index in [0.717, 1.165) is 40.5 Å². The molecule has 3 aromatic carbocycles. The average molecular weight is 499 g/mol. The molecule has 0 spiro atoms. The number of benzene rings is 3. The minimum atomic E-state index is -1.02. The van der Waals surface area contributed by atoms with Crippen molar-refractivity contribution < 1.29 is 14.7 Å². The number of carbonyl (C=O) groups excluding carboxylic acids is 1. The van der Waals surface area contributed by atoms with Gasteiger partial charge in [-0.05, 0) is 77.5 Å². The van der Waals surface area contributed by atoms with Crippen molar-refractivity contribution in [1.82, 2.24) is 10.3 Å². The van der Waals surface area contributed by atoms with Gasteiger partial charge in [0.25, 0.3) is 5.91 Å². The highest BCUT2D eigenvalue weighted by atomic mass is 32.2. The van der Waals surface area contributed by atoms with E-state index in [1.54, 1.807) is 11.8 Å². The maximum Gasteiger partial charge on any atom is 0.326 e. The van der Waals surface area contributed by atoms with E-state index < -0.39 is 12.0 Å². The quantitative estimate of drug-likeness (QED) is 0.283. The van der Waals surface area contributed by atoms with Gasteiger partial charge in [-0.1, -0.05) is 60.7 Å². The fourth-order valence-corrected chi connectivity index (χ4v) is 4.90. The SMILES string of the molecule is CSCC[C@H](NC(=O)c1ccc(CCc2cncc3ccccc23)cc1-c1ccccc1C)C(=O)O. The molecule has 5 nitrogen and oxygen atoms in total. The maximum atomic E-state index is 13.3. The number of rotatable bonds is 10. The Morgan fingerprint density at radius 2 is 1.75 bits per heavy atom. The zero-order valence-corrected chi connectivity index (χ0v) is 21.3. The van der Waals surface area contributed by atoms with Crippen molar-refractivity contribution >= 4 is 34.4 Å². The molecule has 184 valence electrons. The second-order valence-electron chi connectivity index (χ2n) is 8.86. The van der Waals surface area contributed by atoms with Crippen molar-refractivity contribution in [2.45, 2.75) is 32.2 Å². The van der Waals surface area contributed by atoms with Crippen LogP contribution in [0.5, 0.6) is 0 Å². The minimum absolute atomic E-state index is 0.369. The van der Waals surface area contributed by atoms with Gasteiger partial charge < -0.3 is 10.4 Å². The Hall–Kier alpha value is -3.64. The molecule has 1 amide bonds. The number of aryl methyl sites for hydroxylation is 3. The van der Waals surface area contributed by atoms with Crippen molar-refractivity contribution in [3.05, 3.63) is 101 Å². The Bertz CT molecular complexity index is 1380. The third-order valence-corrected chi connectivity index (χ3v) is 7.06. The number of aromatic nitrogens is 1. The fraction of sp³-hybridized carbons (Fsp3) is 0.233. The van der Waals surface area contributed by atoms with E-state index in [0.29, 0.717) is 17.7 Å². The molecule has 0 aliphatic heterocycles. The van der Waals surface area contributed by atoms with Crippen LogP contribution < -0.4 is 5.32 Å². The Labute approximate surface area is 216 Å². The first-order valence-corrected chi connectivity index (χ1v) is 13.4. The van der Waals surface area contributed by atoms with E-state index in [4.69, 9.17) is 0 Å². The highest BCUT2D eigenvalue weighted by Gasteiger charge is 2.22. The van der Waals surface area contributed by atoms with Crippen LogP contribution in [0.3, 0.4) is 0 Å². The Morgan fingerprint density at radius 1 is 0.972 bits per heavy atom. The zero-order chi connectivity index (χ0) is 25.5. The Morgan fingerprint density at radius 3 is 2.53 bits per heavy atom. The number of hydrogen-bond donors (Lipinski definition) is 2. The molecule has 0 saturated heterocycles. The van der Waals surface area contributed by atoms with Gasteiger partial charge in [-0.3, -0.25) is 9.78 Å². The van der Waals surface area contributed by atoms with Gasteiger partial charge in [0.15, 0.2) is 0 Å². The predicted molar refractivity (Wildman–Crippen MR) is 148 cm³/mol. The standard InChI is InChI=1S/C30H30N2O3S/c1-20-7-3-5-9-24(20)27-17-21(11-13-23-19-31-18-22-8-4-6-10-25(22)23)12-14-26(27)29(33)32-28(30(34)35)15-16-36-2/h3-10,12,14,17-19,28H,11,13,15-16H2,1-2H3,(H,32,33)(H,34,35)/t28-/m0/s1. The number of pyridine rings is 1. The zero-order valence-electron chi connectivity index (χ0n) is 20.5. The number of hydrogen-bond acceptors (Lipinski definition) is 4. The first-order valence-electron chi connectivity index (χ1n) is 12.0. The molecule has 1 aromatic heterocycles. The molecule has 1 heterocycles. The number of thioether (sulfide) groups is 1. The van der Waals surface area contributed by atoms with Crippen molar-refractivity contribution in [2.75, 3.05) is 12.0 Å². The summed E-state index contributed by atoms with van der Waals surface area (Å²) in [5.41, 5.74) is 5.61. The van der Waals surface area contributed by atoms with E-state index in [1.165, 1.54) is 10.9 Å². The van der Waals surface area contributed by atoms with Crippen molar-refractivity contribution in [1.29, 1.82) is 0 Å². The summed E-state index contributed by atoms with van der Waals surface area (Å²) < 4.78 is 0. The third-order valence-electron chi connectivity index (χ3n) is 6.41. The van der Waals surface area contributed by atoms with Crippen LogP contribution in [-0.2, 0) is 17.6 Å². The molecule has 2 N–H and O–H groups in total. The molecular weight excluding hydrogens is 468 g/mol. The lowest BCUT2D eigenvalue weighted by Crippen LogP contribution is -2.41. The molecule has 0 aliphatic rings. The lowest BCUT2D eigenvalue weighted by molar-refractivity contribution is -0.139. The van der Waals surface area contributed by atoms with Crippen LogP contribution in [0.15, 0.2) is 79.1 Å². The van der Waals surface area contributed by atoms with Gasteiger partial charge in [0, 0.05) is 23.3 Å². The number of carboxylic acids is 1. The van der Waals surface area contributed by atoms with Crippen LogP contribution in [0.2, 0.25) is 0 Å². The summed E-state index contributed by atoms with van der Waals surface area (Å²) in [4.78, 5) is 29.4. The van der Waals surface area contributed by atoms with E-state index in [2.05, 4.69) is 28.5 Å². The monoisotopic (exact) mass is 498 g/mol. The average Bonchev–Trinajstić information content (AvgIpc) is 2.89. The lowest BCUT2D eigenvalue weighted by atomic mass is 9.92. The highest BCUT2D eigenvalue weighted by molar-refractivity contribution is 7.98. The summed E-state index contributed by atoms with van der Waals surface area (Å²) in [5, 5.41) is 14.7. The number of carboxylic acid groups (broad SMARTS) is 1. The van der Waals surface area contributed by atoms with E-state index in [1.807, 2.05) is 74.1 Å². The number of fused-ring (bicyclic) bond motifs is 1. The van der Waals surface area contributed by atoms with Gasteiger partial charge in [0.2, 0.25) is 0 Å². The molecule has 0 aliphatic carbocycles. The molecule has 4 aromatic rings. The maximum absolute atomic E-state index is 13.3. The Kier molecular flexibility index (Phi) is 8.39. The molecule has 36 heavy (non-hydrogen) atoms. The normalized spacial score (nSPS) is 11.8. The summed E-state index contributed by atoms with van der Waals surface area (Å²) in [7, 11) is 0. The molecule has 1 atom stereocenters. The Balaban J connectivity index is 1.65. The van der Waals surface area contributed by atoms with Crippen LogP contribution in [0.25, 0.3) is 21.9 Å². The van der Waals surface area contributed by atoms with Crippen LogP contribution in [0.4, 0.5) is 0 Å². The van der Waals surface area contributed by atoms with Crippen molar-refractivity contribution in [2.24, 2.45) is 0 Å². The van der Waals surface area contributed by atoms with Crippen LogP contribution >= 0.6 is 11.8 Å². The van der Waals surface area contributed by atoms with E-state index in [-0.39, 0.29) is 5.91 Å². The molecular formula is C30H30N2O3S. The van der Waals surface area contributed by atoms with Gasteiger partial charge in [0.1, 0.15) is 6.04 Å². The first kappa shape index (κ1) is 25.5. The molecule has 0 unspecified atom stereocenters. The molecule has 4 rings (SSSR count). The highest BCUT2D eigenvalue weighted by Crippen LogP contribution is 2.29. The van der Waals surface area contributed by atoms with Gasteiger partial charge in [-0.15, -0.1) is 0 Å². The predicted octanol–water partition coefficient (Wildman–Crippen LogP) is 5.93. The van der Waals surface area contributed by atoms with Crippen molar-refractivity contribution in [3.8, 4) is 11.1 Å². The summed E-state index contributed by atoms with van der Waals surface area (Å²) >= 11 is 1.56.